The van der Waals surface area contributed by atoms with E-state index in [0.29, 0.717) is 49.6 Å². The van der Waals surface area contributed by atoms with E-state index in [2.05, 4.69) is 41.7 Å². The number of hydrogen-bond acceptors (Lipinski definition) is 13. The Hall–Kier alpha value is -9.92. The minimum atomic E-state index is -4.62. The number of ketones is 1. The number of azo groups is 2. The number of carbonyl (C=O) groups excluding carboxylic acids is 3. The number of benzene rings is 8. The number of fused-ring (bicyclic) bond motifs is 2. The van der Waals surface area contributed by atoms with Gasteiger partial charge in [-0.2, -0.15) is 36.6 Å². The Morgan fingerprint density at radius 1 is 0.581 bits per heavy atom. The Balaban J connectivity index is 0.829. The molecule has 0 aliphatic carbocycles. The third kappa shape index (κ3) is 12.9. The number of halogens is 6. The van der Waals surface area contributed by atoms with Gasteiger partial charge in [-0.1, -0.05) is 65.8 Å². The molecule has 0 heterocycles. The fourth-order valence-electron chi connectivity index (χ4n) is 7.05. The molecule has 74 heavy (non-hydrogen) atoms. The second-order valence-electron chi connectivity index (χ2n) is 15.9. The summed E-state index contributed by atoms with van der Waals surface area (Å²) in [6.45, 7) is 0.0186. The number of carbonyl (C=O) groups is 3. The van der Waals surface area contributed by atoms with Crippen LogP contribution in [-0.2, 0) is 28.6 Å². The average Bonchev–Trinajstić information content (AvgIpc) is 3.38. The second-order valence-corrected chi connectivity index (χ2v) is 15.9. The van der Waals surface area contributed by atoms with Crippen molar-refractivity contribution in [2.75, 3.05) is 10.8 Å². The van der Waals surface area contributed by atoms with Crippen LogP contribution in [0.1, 0.15) is 43.0 Å². The maximum Gasteiger partial charge on any atom is 0.416 e. The number of nitrogens with zero attached hydrogens (tertiary/aromatic N) is 5. The molecule has 21 heteroatoms. The lowest BCUT2D eigenvalue weighted by atomic mass is 10.0. The number of anilines is 2. The molecular weight excluding hydrogens is 975 g/mol. The lowest BCUT2D eigenvalue weighted by Gasteiger charge is -2.11. The van der Waals surface area contributed by atoms with Gasteiger partial charge >= 0.3 is 18.4 Å². The zero-order valence-corrected chi connectivity index (χ0v) is 37.9. The molecule has 3 amide bonds. The summed E-state index contributed by atoms with van der Waals surface area (Å²) in [5, 5.41) is 48.4. The zero-order valence-electron chi connectivity index (χ0n) is 37.9. The molecule has 0 aliphatic rings. The van der Waals surface area contributed by atoms with E-state index in [1.54, 1.807) is 78.9 Å². The highest BCUT2D eigenvalue weighted by molar-refractivity contribution is 6.10. The van der Waals surface area contributed by atoms with Crippen molar-refractivity contribution >= 4 is 85.9 Å². The fourth-order valence-corrected chi connectivity index (χ4v) is 7.05. The van der Waals surface area contributed by atoms with Crippen LogP contribution in [0.3, 0.4) is 0 Å². The van der Waals surface area contributed by atoms with E-state index < -0.39 is 35.4 Å². The number of hydrogen-bond donors (Lipinski definition) is 5. The number of phenolic OH excluding ortho intramolecular Hbond substituents is 2. The molecule has 0 aliphatic heterocycles. The summed E-state index contributed by atoms with van der Waals surface area (Å²) >= 11 is 0. The Morgan fingerprint density at radius 3 is 1.76 bits per heavy atom. The van der Waals surface area contributed by atoms with Crippen molar-refractivity contribution in [3.63, 3.8) is 0 Å². The SMILES string of the molecule is O=C(NC(=O)c1ccc2c(N=Nc3ccc(C=CC(=O)c4ccc(N=Nc5c(O)ccc6cc(CO/N=C/ONc7cccc(C(F)(F)F)c7)ccc56)cc4)cc3)c(O)ccc2c1)Nc1cccc(C(F)(F)F)c1. The Kier molecular flexibility index (Phi) is 15.0. The van der Waals surface area contributed by atoms with E-state index in [1.165, 1.54) is 60.7 Å². The van der Waals surface area contributed by atoms with E-state index in [9.17, 15) is 50.9 Å². The van der Waals surface area contributed by atoms with Gasteiger partial charge in [0, 0.05) is 27.6 Å². The van der Waals surface area contributed by atoms with Crippen molar-refractivity contribution in [1.82, 2.24) is 5.32 Å². The largest absolute Gasteiger partial charge is 0.506 e. The van der Waals surface area contributed by atoms with Crippen molar-refractivity contribution in [2.45, 2.75) is 19.0 Å². The van der Waals surface area contributed by atoms with Crippen LogP contribution in [0.2, 0.25) is 0 Å². The summed E-state index contributed by atoms with van der Waals surface area (Å²) < 4.78 is 77.9. The molecule has 0 atom stereocenters. The van der Waals surface area contributed by atoms with E-state index in [1.807, 2.05) is 0 Å². The zero-order chi connectivity index (χ0) is 52.4. The van der Waals surface area contributed by atoms with Gasteiger partial charge < -0.3 is 25.2 Å². The van der Waals surface area contributed by atoms with Gasteiger partial charge in [-0.3, -0.25) is 14.9 Å². The highest BCUT2D eigenvalue weighted by atomic mass is 19.4. The van der Waals surface area contributed by atoms with Gasteiger partial charge in [0.1, 0.15) is 29.5 Å². The lowest BCUT2D eigenvalue weighted by molar-refractivity contribution is -0.138. The third-order valence-electron chi connectivity index (χ3n) is 10.7. The fraction of sp³-hybridized carbons (Fsp3) is 0.0566. The molecule has 372 valence electrons. The van der Waals surface area contributed by atoms with E-state index in [4.69, 9.17) is 9.68 Å². The van der Waals surface area contributed by atoms with Crippen LogP contribution in [0, 0.1) is 0 Å². The minimum Gasteiger partial charge on any atom is -0.506 e. The predicted octanol–water partition coefficient (Wildman–Crippen LogP) is 14.6. The molecule has 0 fully saturated rings. The molecule has 0 radical (unpaired) electrons. The highest BCUT2D eigenvalue weighted by Crippen LogP contribution is 2.39. The molecule has 8 aromatic rings. The van der Waals surface area contributed by atoms with E-state index in [-0.39, 0.29) is 52.2 Å². The first-order valence-corrected chi connectivity index (χ1v) is 21.8. The lowest BCUT2D eigenvalue weighted by Crippen LogP contribution is -2.34. The molecule has 0 unspecified atom stereocenters. The van der Waals surface area contributed by atoms with Crippen LogP contribution in [0.15, 0.2) is 189 Å². The molecule has 0 saturated carbocycles. The smallest absolute Gasteiger partial charge is 0.416 e. The summed E-state index contributed by atoms with van der Waals surface area (Å²) in [7, 11) is 0. The highest BCUT2D eigenvalue weighted by Gasteiger charge is 2.31. The van der Waals surface area contributed by atoms with Gasteiger partial charge in [0.25, 0.3) is 5.91 Å². The summed E-state index contributed by atoms with van der Waals surface area (Å²) in [5.74, 6) is -1.44. The first kappa shape index (κ1) is 50.5. The first-order valence-electron chi connectivity index (χ1n) is 21.8. The molecule has 8 aromatic carbocycles. The van der Waals surface area contributed by atoms with Crippen molar-refractivity contribution in [3.05, 3.63) is 197 Å². The third-order valence-corrected chi connectivity index (χ3v) is 10.7. The van der Waals surface area contributed by atoms with E-state index >= 15 is 0 Å². The van der Waals surface area contributed by atoms with Crippen LogP contribution < -0.4 is 16.1 Å². The van der Waals surface area contributed by atoms with E-state index in [0.717, 1.165) is 36.7 Å². The summed E-state index contributed by atoms with van der Waals surface area (Å²) in [6, 6.07) is 36.0. The van der Waals surface area contributed by atoms with Crippen LogP contribution in [-0.4, -0.2) is 34.3 Å². The molecule has 0 aromatic heterocycles. The van der Waals surface area contributed by atoms with Crippen molar-refractivity contribution in [3.8, 4) is 11.5 Å². The Morgan fingerprint density at radius 2 is 1.14 bits per heavy atom. The Bertz CT molecular complexity index is 3530. The van der Waals surface area contributed by atoms with Crippen molar-refractivity contribution in [2.24, 2.45) is 25.6 Å². The normalized spacial score (nSPS) is 12.0. The van der Waals surface area contributed by atoms with Crippen molar-refractivity contribution < 1.29 is 60.6 Å². The monoisotopic (exact) mass is 1010 g/mol. The molecule has 0 spiro atoms. The molecular formula is C53H36F6N8O7. The number of allylic oxidation sites excluding steroid dienone is 1. The minimum absolute atomic E-state index is 0.0186. The summed E-state index contributed by atoms with van der Waals surface area (Å²) in [6.07, 6.45) is -5.22. The van der Waals surface area contributed by atoms with Gasteiger partial charge in [0.15, 0.2) is 5.78 Å². The molecule has 15 nitrogen and oxygen atoms in total. The predicted molar refractivity (Wildman–Crippen MR) is 263 cm³/mol. The van der Waals surface area contributed by atoms with Gasteiger partial charge in [-0.05, 0) is 131 Å². The summed E-state index contributed by atoms with van der Waals surface area (Å²) in [4.78, 5) is 48.5. The number of amides is 3. The first-order chi connectivity index (χ1) is 35.5. The van der Waals surface area contributed by atoms with Crippen LogP contribution >= 0.6 is 0 Å². The molecule has 8 rings (SSSR count). The second kappa shape index (κ2) is 22.0. The maximum atomic E-state index is 13.1. The number of imide groups is 1. The number of phenols is 2. The number of rotatable bonds is 15. The van der Waals surface area contributed by atoms with Gasteiger partial charge in [-0.15, -0.1) is 10.2 Å². The molecule has 0 saturated heterocycles. The maximum absolute atomic E-state index is 13.1. The number of urea groups is 1. The molecule has 0 bridgehead atoms. The topological polar surface area (TPSA) is 208 Å². The molecule has 5 N–H and O–H groups in total. The number of alkyl halides is 6. The number of aromatic hydroxyl groups is 2. The van der Waals surface area contributed by atoms with Gasteiger partial charge in [-0.25, -0.2) is 10.3 Å². The number of nitrogens with one attached hydrogen (secondary N) is 3. The van der Waals surface area contributed by atoms with Gasteiger partial charge in [0.05, 0.1) is 28.2 Å². The van der Waals surface area contributed by atoms with Gasteiger partial charge in [0.2, 0.25) is 6.40 Å². The van der Waals surface area contributed by atoms with Crippen LogP contribution in [0.5, 0.6) is 11.5 Å². The average molecular weight is 1010 g/mol. The Labute approximate surface area is 414 Å². The number of oxime groups is 1. The quantitative estimate of drug-likeness (QED) is 0.0127. The van der Waals surface area contributed by atoms with Crippen molar-refractivity contribution in [1.29, 1.82) is 0 Å². The summed E-state index contributed by atoms with van der Waals surface area (Å²) in [5.41, 5.74) is 3.34. The standard InChI is InChI=1S/C53H36F6N8O7/c54-52(55,56)37-3-1-5-41(27-37)61-51(72)62-50(71)36-13-21-44-35(26-36)15-24-47(70)49(44)66-63-39-16-7-31(8-17-39)10-22-45(68)33-11-18-40(19-12-33)64-65-48-43-20-9-32(25-34(43)14-23-46(48)69)29-73-60-30-74-67-42-6-2-4-38(28-42)53(57,58)59/h1-28,30,67,69-70H,29H2,(H2,61,62,71,72)/b22-10?,60-30+,65-64?,66-63?. The van der Waals surface area contributed by atoms with Crippen LogP contribution in [0.4, 0.5) is 65.3 Å². The van der Waals surface area contributed by atoms with Crippen LogP contribution in [0.25, 0.3) is 27.6 Å².